The Morgan fingerprint density at radius 3 is 2.79 bits per heavy atom. The van der Waals surface area contributed by atoms with Crippen molar-refractivity contribution in [3.8, 4) is 0 Å². The minimum Gasteiger partial charge on any atom is -0.478 e. The zero-order valence-corrected chi connectivity index (χ0v) is 12.1. The van der Waals surface area contributed by atoms with Crippen LogP contribution < -0.4 is 4.90 Å². The summed E-state index contributed by atoms with van der Waals surface area (Å²) in [6, 6.07) is 4.72. The molecule has 100 valence electrons. The number of aromatic nitrogens is 1. The summed E-state index contributed by atoms with van der Waals surface area (Å²) >= 11 is 7.72. The summed E-state index contributed by atoms with van der Waals surface area (Å²) in [6.45, 7) is 2.60. The first-order valence-electron chi connectivity index (χ1n) is 5.62. The van der Waals surface area contributed by atoms with Gasteiger partial charge in [-0.15, -0.1) is 11.3 Å². The van der Waals surface area contributed by atoms with Gasteiger partial charge in [-0.1, -0.05) is 11.6 Å². The van der Waals surface area contributed by atoms with Gasteiger partial charge in [0.1, 0.15) is 0 Å². The maximum atomic E-state index is 10.8. The molecule has 0 radical (unpaired) electrons. The molecule has 0 aliphatic heterocycles. The number of thiazole rings is 1. The van der Waals surface area contributed by atoms with Crippen molar-refractivity contribution in [2.24, 2.45) is 0 Å². The van der Waals surface area contributed by atoms with Crippen LogP contribution in [0.15, 0.2) is 23.6 Å². The average Bonchev–Trinajstić information content (AvgIpc) is 2.74. The molecule has 0 atom stereocenters. The smallest absolute Gasteiger partial charge is 0.335 e. The number of carboxylic acid groups (broad SMARTS) is 1. The summed E-state index contributed by atoms with van der Waals surface area (Å²) in [5.41, 5.74) is 1.95. The first-order chi connectivity index (χ1) is 8.97. The fraction of sp³-hybridized carbons (Fsp3) is 0.231. The molecule has 0 aliphatic rings. The summed E-state index contributed by atoms with van der Waals surface area (Å²) < 4.78 is 0. The number of aryl methyl sites for hydroxylation is 1. The van der Waals surface area contributed by atoms with Gasteiger partial charge >= 0.3 is 5.97 Å². The Morgan fingerprint density at radius 1 is 1.53 bits per heavy atom. The lowest BCUT2D eigenvalue weighted by atomic mass is 10.2. The van der Waals surface area contributed by atoms with Crippen molar-refractivity contribution in [2.75, 3.05) is 11.9 Å². The fourth-order valence-electron chi connectivity index (χ4n) is 1.76. The number of carboxylic acids is 1. The Hall–Kier alpha value is -1.59. The van der Waals surface area contributed by atoms with E-state index in [1.165, 1.54) is 6.07 Å². The predicted molar refractivity (Wildman–Crippen MR) is 77.4 cm³/mol. The molecule has 0 saturated heterocycles. The van der Waals surface area contributed by atoms with Crippen LogP contribution in [0, 0.1) is 6.92 Å². The first kappa shape index (κ1) is 13.8. The number of nitrogens with zero attached hydrogens (tertiary/aromatic N) is 2. The molecule has 2 rings (SSSR count). The number of hydrogen-bond acceptors (Lipinski definition) is 4. The van der Waals surface area contributed by atoms with Gasteiger partial charge in [-0.2, -0.15) is 0 Å². The van der Waals surface area contributed by atoms with Crippen LogP contribution in [0.3, 0.4) is 0 Å². The van der Waals surface area contributed by atoms with Gasteiger partial charge in [0.25, 0.3) is 0 Å². The highest BCUT2D eigenvalue weighted by atomic mass is 35.5. The van der Waals surface area contributed by atoms with E-state index in [4.69, 9.17) is 16.7 Å². The van der Waals surface area contributed by atoms with E-state index in [2.05, 4.69) is 4.98 Å². The number of rotatable bonds is 4. The van der Waals surface area contributed by atoms with Crippen LogP contribution in [0.25, 0.3) is 0 Å². The number of benzene rings is 1. The van der Waals surface area contributed by atoms with Crippen LogP contribution in [0.1, 0.15) is 21.1 Å². The second-order valence-electron chi connectivity index (χ2n) is 4.19. The Balaban J connectivity index is 2.19. The molecule has 6 heteroatoms. The molecule has 0 fully saturated rings. The van der Waals surface area contributed by atoms with Gasteiger partial charge in [0, 0.05) is 12.4 Å². The third-order valence-electron chi connectivity index (χ3n) is 2.67. The van der Waals surface area contributed by atoms with Crippen LogP contribution in [0.2, 0.25) is 5.02 Å². The molecule has 0 amide bonds. The van der Waals surface area contributed by atoms with Gasteiger partial charge < -0.3 is 10.0 Å². The lowest BCUT2D eigenvalue weighted by Crippen LogP contribution is -2.17. The third kappa shape index (κ3) is 3.24. The van der Waals surface area contributed by atoms with Crippen molar-refractivity contribution >= 4 is 34.6 Å². The molecule has 19 heavy (non-hydrogen) atoms. The van der Waals surface area contributed by atoms with Crippen LogP contribution in [-0.2, 0) is 6.54 Å². The van der Waals surface area contributed by atoms with Crippen LogP contribution >= 0.6 is 22.9 Å². The van der Waals surface area contributed by atoms with E-state index in [0.717, 1.165) is 16.4 Å². The summed E-state index contributed by atoms with van der Waals surface area (Å²) in [6.07, 6.45) is 0. The van der Waals surface area contributed by atoms with E-state index in [1.807, 2.05) is 24.3 Å². The average molecular weight is 297 g/mol. The van der Waals surface area contributed by atoms with E-state index in [0.29, 0.717) is 11.6 Å². The summed E-state index contributed by atoms with van der Waals surface area (Å²) in [4.78, 5) is 17.2. The standard InChI is InChI=1S/C13H13ClN2O2S/c1-8-15-10(7-19-8)6-16(2)12-4-3-9(13(17)18)5-11(12)14/h3-5,7H,6H2,1-2H3,(H,17,18). The Kier molecular flexibility index (Phi) is 4.07. The maximum absolute atomic E-state index is 10.8. The summed E-state index contributed by atoms with van der Waals surface area (Å²) in [5.74, 6) is -0.980. The molecular weight excluding hydrogens is 284 g/mol. The Labute approximate surface area is 120 Å². The lowest BCUT2D eigenvalue weighted by Gasteiger charge is -2.19. The molecule has 1 aromatic heterocycles. The van der Waals surface area contributed by atoms with Crippen molar-refractivity contribution in [3.05, 3.63) is 44.9 Å². The van der Waals surface area contributed by atoms with Gasteiger partial charge in [-0.25, -0.2) is 9.78 Å². The van der Waals surface area contributed by atoms with E-state index in [-0.39, 0.29) is 5.56 Å². The van der Waals surface area contributed by atoms with Crippen LogP contribution in [0.4, 0.5) is 5.69 Å². The van der Waals surface area contributed by atoms with Gasteiger partial charge in [-0.05, 0) is 25.1 Å². The molecule has 0 spiro atoms. The van der Waals surface area contributed by atoms with Crippen molar-refractivity contribution in [3.63, 3.8) is 0 Å². The monoisotopic (exact) mass is 296 g/mol. The van der Waals surface area contributed by atoms with Crippen molar-refractivity contribution < 1.29 is 9.90 Å². The number of halogens is 1. The highest BCUT2D eigenvalue weighted by Gasteiger charge is 2.11. The van der Waals surface area contributed by atoms with Crippen molar-refractivity contribution in [1.82, 2.24) is 4.98 Å². The number of anilines is 1. The normalized spacial score (nSPS) is 10.5. The fourth-order valence-corrected chi connectivity index (χ4v) is 2.69. The number of carbonyl (C=O) groups is 1. The highest BCUT2D eigenvalue weighted by Crippen LogP contribution is 2.27. The highest BCUT2D eigenvalue weighted by molar-refractivity contribution is 7.09. The molecule has 2 aromatic rings. The van der Waals surface area contributed by atoms with E-state index in [1.54, 1.807) is 23.5 Å². The molecule has 4 nitrogen and oxygen atoms in total. The van der Waals surface area contributed by atoms with E-state index in [9.17, 15) is 4.79 Å². The molecule has 0 saturated carbocycles. The topological polar surface area (TPSA) is 53.4 Å². The largest absolute Gasteiger partial charge is 0.478 e. The first-order valence-corrected chi connectivity index (χ1v) is 6.88. The molecule has 1 N–H and O–H groups in total. The van der Waals surface area contributed by atoms with Crippen LogP contribution in [-0.4, -0.2) is 23.1 Å². The molecule has 0 unspecified atom stereocenters. The summed E-state index contributed by atoms with van der Waals surface area (Å²) in [7, 11) is 1.90. The number of hydrogen-bond donors (Lipinski definition) is 1. The second kappa shape index (κ2) is 5.59. The van der Waals surface area contributed by atoms with Gasteiger partial charge in [-0.3, -0.25) is 0 Å². The van der Waals surface area contributed by atoms with Crippen molar-refractivity contribution in [2.45, 2.75) is 13.5 Å². The second-order valence-corrected chi connectivity index (χ2v) is 5.65. The maximum Gasteiger partial charge on any atom is 0.335 e. The molecule has 1 aromatic carbocycles. The lowest BCUT2D eigenvalue weighted by molar-refractivity contribution is 0.0697. The summed E-state index contributed by atoms with van der Waals surface area (Å²) in [5, 5.41) is 12.4. The quantitative estimate of drug-likeness (QED) is 0.939. The SMILES string of the molecule is Cc1nc(CN(C)c2ccc(C(=O)O)cc2Cl)cs1. The van der Waals surface area contributed by atoms with Crippen molar-refractivity contribution in [1.29, 1.82) is 0 Å². The zero-order chi connectivity index (χ0) is 14.0. The third-order valence-corrected chi connectivity index (χ3v) is 3.80. The van der Waals surface area contributed by atoms with E-state index < -0.39 is 5.97 Å². The minimum atomic E-state index is -0.980. The molecular formula is C13H13ClN2O2S. The minimum absolute atomic E-state index is 0.187. The predicted octanol–water partition coefficient (Wildman–Crippen LogP) is 3.44. The Morgan fingerprint density at radius 2 is 2.26 bits per heavy atom. The van der Waals surface area contributed by atoms with Gasteiger partial charge in [0.2, 0.25) is 0 Å². The molecule has 0 aliphatic carbocycles. The number of aromatic carboxylic acids is 1. The van der Waals surface area contributed by atoms with Crippen LogP contribution in [0.5, 0.6) is 0 Å². The van der Waals surface area contributed by atoms with E-state index >= 15 is 0 Å². The van der Waals surface area contributed by atoms with Gasteiger partial charge in [0.05, 0.1) is 33.5 Å². The zero-order valence-electron chi connectivity index (χ0n) is 10.6. The Bertz CT molecular complexity index is 612. The molecule has 0 bridgehead atoms. The molecule has 1 heterocycles. The van der Waals surface area contributed by atoms with Gasteiger partial charge in [0.15, 0.2) is 0 Å².